The van der Waals surface area contributed by atoms with Crippen LogP contribution >= 0.6 is 0 Å². The molecule has 0 bridgehead atoms. The third-order valence-corrected chi connectivity index (χ3v) is 5.78. The van der Waals surface area contributed by atoms with Crippen LogP contribution in [0.3, 0.4) is 0 Å². The van der Waals surface area contributed by atoms with Crippen LogP contribution in [0.2, 0.25) is 0 Å². The van der Waals surface area contributed by atoms with E-state index in [4.69, 9.17) is 9.47 Å². The first-order valence-electron chi connectivity index (χ1n) is 14.3. The van der Waals surface area contributed by atoms with E-state index in [1.165, 1.54) is 0 Å². The molecule has 0 aliphatic carbocycles. The molecule has 0 saturated carbocycles. The van der Waals surface area contributed by atoms with Gasteiger partial charge in [0.05, 0.1) is 0 Å². The van der Waals surface area contributed by atoms with E-state index in [0.29, 0.717) is 38.8 Å². The molecule has 2 aromatic carbocycles. The lowest BCUT2D eigenvalue weighted by Crippen LogP contribution is -2.50. The van der Waals surface area contributed by atoms with Crippen LogP contribution in [0.15, 0.2) is 60.7 Å². The number of benzene rings is 2. The largest absolute Gasteiger partial charge is 0.444 e. The van der Waals surface area contributed by atoms with Gasteiger partial charge in [-0.05, 0) is 65.5 Å². The Morgan fingerprint density at radius 3 is 1.24 bits per heavy atom. The Hall–Kier alpha value is -4.08. The molecule has 0 radical (unpaired) electrons. The summed E-state index contributed by atoms with van der Waals surface area (Å²) in [4.78, 5) is 50.6. The van der Waals surface area contributed by atoms with Gasteiger partial charge in [0.2, 0.25) is 11.8 Å². The molecule has 0 aliphatic rings. The van der Waals surface area contributed by atoms with Crippen LogP contribution in [-0.4, -0.2) is 60.4 Å². The summed E-state index contributed by atoms with van der Waals surface area (Å²) >= 11 is 0. The van der Waals surface area contributed by atoms with Crippen molar-refractivity contribution in [2.24, 2.45) is 0 Å². The van der Waals surface area contributed by atoms with E-state index in [1.807, 2.05) is 60.7 Å². The molecule has 0 fully saturated rings. The van der Waals surface area contributed by atoms with E-state index in [-0.39, 0.29) is 11.8 Å². The van der Waals surface area contributed by atoms with Crippen LogP contribution in [0.5, 0.6) is 0 Å². The average Bonchev–Trinajstić information content (AvgIpc) is 2.88. The van der Waals surface area contributed by atoms with Gasteiger partial charge < -0.3 is 30.7 Å². The number of carbonyl (C=O) groups is 4. The SMILES string of the molecule is CC(C)(C)OC(=O)N[C@@H](Cc1ccccc1)C(=O)NCCCCNC(=O)[C@H](Cc1ccccc1)NC(=O)OC(C)(C)C. The molecule has 2 atom stereocenters. The number of ether oxygens (including phenoxy) is 2. The van der Waals surface area contributed by atoms with Crippen LogP contribution < -0.4 is 21.3 Å². The fraction of sp³-hybridized carbons (Fsp3) is 0.500. The number of hydrogen-bond donors (Lipinski definition) is 4. The van der Waals surface area contributed by atoms with E-state index >= 15 is 0 Å². The minimum atomic E-state index is -0.806. The van der Waals surface area contributed by atoms with Crippen molar-refractivity contribution in [3.63, 3.8) is 0 Å². The number of rotatable bonds is 13. The predicted molar refractivity (Wildman–Crippen MR) is 162 cm³/mol. The fourth-order valence-corrected chi connectivity index (χ4v) is 3.94. The summed E-state index contributed by atoms with van der Waals surface area (Å²) in [6.45, 7) is 11.3. The highest BCUT2D eigenvalue weighted by Gasteiger charge is 2.26. The quantitative estimate of drug-likeness (QED) is 0.261. The first-order valence-corrected chi connectivity index (χ1v) is 14.3. The first kappa shape index (κ1) is 34.1. The van der Waals surface area contributed by atoms with Crippen LogP contribution in [-0.2, 0) is 31.9 Å². The number of nitrogens with one attached hydrogen (secondary N) is 4. The van der Waals surface area contributed by atoms with Gasteiger partial charge in [-0.1, -0.05) is 60.7 Å². The number of hydrogen-bond acceptors (Lipinski definition) is 6. The monoisotopic (exact) mass is 582 g/mol. The van der Waals surface area contributed by atoms with Gasteiger partial charge in [-0.25, -0.2) is 9.59 Å². The molecule has 0 heterocycles. The van der Waals surface area contributed by atoms with Gasteiger partial charge in [-0.2, -0.15) is 0 Å². The maximum absolute atomic E-state index is 13.0. The van der Waals surface area contributed by atoms with E-state index in [2.05, 4.69) is 21.3 Å². The third-order valence-electron chi connectivity index (χ3n) is 5.78. The molecule has 0 unspecified atom stereocenters. The zero-order valence-electron chi connectivity index (χ0n) is 25.6. The Labute approximate surface area is 249 Å². The highest BCUT2D eigenvalue weighted by molar-refractivity contribution is 5.86. The van der Waals surface area contributed by atoms with Crippen LogP contribution in [0.1, 0.15) is 65.5 Å². The zero-order valence-corrected chi connectivity index (χ0v) is 25.6. The van der Waals surface area contributed by atoms with E-state index in [0.717, 1.165) is 11.1 Å². The van der Waals surface area contributed by atoms with Gasteiger partial charge in [0.25, 0.3) is 0 Å². The molecular formula is C32H46N4O6. The summed E-state index contributed by atoms with van der Waals surface area (Å²) in [5.74, 6) is -0.642. The van der Waals surface area contributed by atoms with E-state index in [1.54, 1.807) is 41.5 Å². The van der Waals surface area contributed by atoms with Crippen molar-refractivity contribution in [2.75, 3.05) is 13.1 Å². The Morgan fingerprint density at radius 1 is 0.595 bits per heavy atom. The third kappa shape index (κ3) is 14.5. The molecule has 10 heteroatoms. The van der Waals surface area contributed by atoms with Crippen molar-refractivity contribution >= 4 is 24.0 Å². The summed E-state index contributed by atoms with van der Waals surface area (Å²) in [7, 11) is 0. The van der Waals surface area contributed by atoms with Crippen molar-refractivity contribution in [1.82, 2.24) is 21.3 Å². The van der Waals surface area contributed by atoms with Gasteiger partial charge in [-0.3, -0.25) is 9.59 Å². The molecule has 4 amide bonds. The molecule has 2 rings (SSSR count). The Balaban J connectivity index is 1.85. The standard InChI is InChI=1S/C32H46N4O6/c1-31(2,3)41-29(39)35-25(21-23-15-9-7-10-16-23)27(37)33-19-13-14-20-34-28(38)26(22-24-17-11-8-12-18-24)36-30(40)42-32(4,5)6/h7-12,15-18,25-26H,13-14,19-22H2,1-6H3,(H,33,37)(H,34,38)(H,35,39)(H,36,40)/t25-,26-/m0/s1. The second kappa shape index (κ2) is 16.4. The van der Waals surface area contributed by atoms with Crippen molar-refractivity contribution < 1.29 is 28.7 Å². The van der Waals surface area contributed by atoms with Crippen molar-refractivity contribution in [3.8, 4) is 0 Å². The lowest BCUT2D eigenvalue weighted by molar-refractivity contribution is -0.124. The minimum Gasteiger partial charge on any atom is -0.444 e. The highest BCUT2D eigenvalue weighted by atomic mass is 16.6. The zero-order chi connectivity index (χ0) is 31.2. The summed E-state index contributed by atoms with van der Waals surface area (Å²) in [6.07, 6.45) is 0.501. The molecule has 0 aromatic heterocycles. The number of unbranched alkanes of at least 4 members (excludes halogenated alkanes) is 1. The topological polar surface area (TPSA) is 135 Å². The van der Waals surface area contributed by atoms with E-state index in [9.17, 15) is 19.2 Å². The van der Waals surface area contributed by atoms with E-state index < -0.39 is 35.5 Å². The van der Waals surface area contributed by atoms with Crippen LogP contribution in [0, 0.1) is 0 Å². The maximum Gasteiger partial charge on any atom is 0.408 e. The molecule has 4 N–H and O–H groups in total. The molecule has 42 heavy (non-hydrogen) atoms. The molecule has 0 spiro atoms. The van der Waals surface area contributed by atoms with Gasteiger partial charge >= 0.3 is 12.2 Å². The Morgan fingerprint density at radius 2 is 0.929 bits per heavy atom. The number of amides is 4. The number of alkyl carbamates (subject to hydrolysis) is 2. The molecule has 2 aromatic rings. The van der Waals surface area contributed by atoms with Crippen molar-refractivity contribution in [2.45, 2.75) is 90.5 Å². The smallest absolute Gasteiger partial charge is 0.408 e. The van der Waals surface area contributed by atoms with Gasteiger partial charge in [0.15, 0.2) is 0 Å². The van der Waals surface area contributed by atoms with Gasteiger partial charge in [-0.15, -0.1) is 0 Å². The minimum absolute atomic E-state index is 0.315. The fourth-order valence-electron chi connectivity index (χ4n) is 3.94. The summed E-state index contributed by atoms with van der Waals surface area (Å²) in [6, 6.07) is 17.2. The lowest BCUT2D eigenvalue weighted by atomic mass is 10.1. The molecule has 0 saturated heterocycles. The Kier molecular flexibility index (Phi) is 13.3. The molecular weight excluding hydrogens is 536 g/mol. The lowest BCUT2D eigenvalue weighted by Gasteiger charge is -2.24. The summed E-state index contributed by atoms with van der Waals surface area (Å²) < 4.78 is 10.7. The van der Waals surface area contributed by atoms with Gasteiger partial charge in [0.1, 0.15) is 23.3 Å². The first-order chi connectivity index (χ1) is 19.7. The molecule has 0 aliphatic heterocycles. The summed E-state index contributed by atoms with van der Waals surface area (Å²) in [5.41, 5.74) is 0.429. The average molecular weight is 583 g/mol. The molecule has 230 valence electrons. The molecule has 10 nitrogen and oxygen atoms in total. The highest BCUT2D eigenvalue weighted by Crippen LogP contribution is 2.10. The second-order valence-electron chi connectivity index (χ2n) is 12.1. The maximum atomic E-state index is 13.0. The van der Waals surface area contributed by atoms with Gasteiger partial charge in [0, 0.05) is 25.9 Å². The summed E-state index contributed by atoms with van der Waals surface area (Å²) in [5, 5.41) is 11.1. The predicted octanol–water partition coefficient (Wildman–Crippen LogP) is 4.27. The number of carbonyl (C=O) groups excluding carboxylic acids is 4. The van der Waals surface area contributed by atoms with Crippen molar-refractivity contribution in [3.05, 3.63) is 71.8 Å². The second-order valence-corrected chi connectivity index (χ2v) is 12.1. The van der Waals surface area contributed by atoms with Crippen LogP contribution in [0.25, 0.3) is 0 Å². The van der Waals surface area contributed by atoms with Crippen molar-refractivity contribution in [1.29, 1.82) is 0 Å². The Bertz CT molecular complexity index is 1050. The normalized spacial score (nSPS) is 12.8. The van der Waals surface area contributed by atoms with Crippen LogP contribution in [0.4, 0.5) is 9.59 Å².